The highest BCUT2D eigenvalue weighted by molar-refractivity contribution is 5.94. The van der Waals surface area contributed by atoms with E-state index in [-0.39, 0.29) is 12.6 Å². The molecule has 1 amide bonds. The van der Waals surface area contributed by atoms with Gasteiger partial charge < -0.3 is 20.1 Å². The number of anilines is 1. The summed E-state index contributed by atoms with van der Waals surface area (Å²) >= 11 is 0. The number of piperidine rings is 1. The maximum Gasteiger partial charge on any atom is 0.407 e. The van der Waals surface area contributed by atoms with E-state index in [0.29, 0.717) is 18.7 Å². The Morgan fingerprint density at radius 3 is 2.68 bits per heavy atom. The minimum Gasteiger partial charge on any atom is -0.478 e. The molecule has 1 fully saturated rings. The normalized spacial score (nSPS) is 15.2. The third kappa shape index (κ3) is 4.00. The van der Waals surface area contributed by atoms with Crippen LogP contribution < -0.4 is 10.2 Å². The Kier molecular flexibility index (Phi) is 5.41. The minimum atomic E-state index is -0.927. The van der Waals surface area contributed by atoms with E-state index in [1.807, 2.05) is 17.0 Å². The van der Waals surface area contributed by atoms with Crippen LogP contribution in [0.25, 0.3) is 0 Å². The zero-order valence-electron chi connectivity index (χ0n) is 12.3. The number of alkyl carbamates (subject to hydrolysis) is 1. The highest BCUT2D eigenvalue weighted by atomic mass is 16.5. The Morgan fingerprint density at radius 2 is 2.05 bits per heavy atom. The molecule has 0 radical (unpaired) electrons. The Hall–Kier alpha value is -2.50. The van der Waals surface area contributed by atoms with E-state index in [1.165, 1.54) is 6.08 Å². The van der Waals surface area contributed by atoms with E-state index in [2.05, 4.69) is 11.9 Å². The van der Waals surface area contributed by atoms with E-state index in [9.17, 15) is 14.7 Å². The predicted molar refractivity (Wildman–Crippen MR) is 83.3 cm³/mol. The lowest BCUT2D eigenvalue weighted by Crippen LogP contribution is -2.45. The highest BCUT2D eigenvalue weighted by Gasteiger charge is 2.23. The smallest absolute Gasteiger partial charge is 0.407 e. The van der Waals surface area contributed by atoms with Crippen LogP contribution in [0.4, 0.5) is 10.5 Å². The topological polar surface area (TPSA) is 78.9 Å². The Bertz CT molecular complexity index is 551. The van der Waals surface area contributed by atoms with Crippen molar-refractivity contribution in [3.05, 3.63) is 42.5 Å². The van der Waals surface area contributed by atoms with Crippen LogP contribution >= 0.6 is 0 Å². The number of amides is 1. The molecule has 0 atom stereocenters. The number of nitrogens with one attached hydrogen (secondary N) is 1. The number of para-hydroxylation sites is 1. The van der Waals surface area contributed by atoms with E-state index < -0.39 is 12.1 Å². The van der Waals surface area contributed by atoms with E-state index in [1.54, 1.807) is 12.1 Å². The molecule has 1 aliphatic heterocycles. The van der Waals surface area contributed by atoms with Gasteiger partial charge in [0.1, 0.15) is 6.61 Å². The Labute approximate surface area is 129 Å². The molecular weight excluding hydrogens is 284 g/mol. The summed E-state index contributed by atoms with van der Waals surface area (Å²) in [5.74, 6) is -0.927. The number of carboxylic acids is 1. The molecule has 0 aliphatic carbocycles. The third-order valence-electron chi connectivity index (χ3n) is 3.62. The van der Waals surface area contributed by atoms with Gasteiger partial charge in [0.2, 0.25) is 0 Å². The SMILES string of the molecule is C=CCOC(=O)NC1CCN(c2ccccc2C(=O)O)CC1. The number of hydrogen-bond donors (Lipinski definition) is 2. The summed E-state index contributed by atoms with van der Waals surface area (Å²) in [6, 6.07) is 7.02. The molecule has 0 bridgehead atoms. The largest absolute Gasteiger partial charge is 0.478 e. The third-order valence-corrected chi connectivity index (χ3v) is 3.62. The molecular formula is C16H20N2O4. The number of carboxylic acid groups (broad SMARTS) is 1. The molecule has 0 saturated carbocycles. The standard InChI is InChI=1S/C16H20N2O4/c1-2-11-22-16(21)17-12-7-9-18(10-8-12)14-6-4-3-5-13(14)15(19)20/h2-6,12H,1,7-11H2,(H,17,21)(H,19,20). The predicted octanol–water partition coefficient (Wildman–Crippen LogP) is 2.27. The van der Waals surface area contributed by atoms with Crippen molar-refractivity contribution in [2.75, 3.05) is 24.6 Å². The number of carbonyl (C=O) groups excluding carboxylic acids is 1. The van der Waals surface area contributed by atoms with Crippen molar-refractivity contribution < 1.29 is 19.4 Å². The molecule has 22 heavy (non-hydrogen) atoms. The maximum atomic E-state index is 11.5. The second-order valence-corrected chi connectivity index (χ2v) is 5.12. The summed E-state index contributed by atoms with van der Waals surface area (Å²) in [7, 11) is 0. The Morgan fingerprint density at radius 1 is 1.36 bits per heavy atom. The van der Waals surface area contributed by atoms with Gasteiger partial charge in [0.15, 0.2) is 0 Å². The van der Waals surface area contributed by atoms with Crippen molar-refractivity contribution in [2.24, 2.45) is 0 Å². The lowest BCUT2D eigenvalue weighted by Gasteiger charge is -2.34. The maximum absolute atomic E-state index is 11.5. The summed E-state index contributed by atoms with van der Waals surface area (Å²) in [6.45, 7) is 5.06. The van der Waals surface area contributed by atoms with Crippen LogP contribution in [0.5, 0.6) is 0 Å². The van der Waals surface area contributed by atoms with E-state index in [0.717, 1.165) is 18.5 Å². The van der Waals surface area contributed by atoms with Crippen LogP contribution in [-0.4, -0.2) is 42.9 Å². The lowest BCUT2D eigenvalue weighted by molar-refractivity contribution is 0.0697. The zero-order valence-corrected chi connectivity index (χ0v) is 12.3. The molecule has 2 N–H and O–H groups in total. The molecule has 1 aromatic rings. The van der Waals surface area contributed by atoms with Gasteiger partial charge in [-0.05, 0) is 25.0 Å². The summed E-state index contributed by atoms with van der Waals surface area (Å²) in [5.41, 5.74) is 1.03. The molecule has 2 rings (SSSR count). The van der Waals surface area contributed by atoms with Crippen LogP contribution in [0.2, 0.25) is 0 Å². The van der Waals surface area contributed by atoms with E-state index >= 15 is 0 Å². The Balaban J connectivity index is 1.91. The van der Waals surface area contributed by atoms with Crippen molar-refractivity contribution in [3.8, 4) is 0 Å². The summed E-state index contributed by atoms with van der Waals surface area (Å²) in [5, 5.41) is 12.1. The van der Waals surface area contributed by atoms with Crippen LogP contribution in [0.1, 0.15) is 23.2 Å². The van der Waals surface area contributed by atoms with Crippen molar-refractivity contribution in [2.45, 2.75) is 18.9 Å². The van der Waals surface area contributed by atoms with Gasteiger partial charge in [-0.25, -0.2) is 9.59 Å². The number of ether oxygens (including phenoxy) is 1. The van der Waals surface area contributed by atoms with Gasteiger partial charge in [0.05, 0.1) is 11.3 Å². The van der Waals surface area contributed by atoms with Crippen LogP contribution in [0.15, 0.2) is 36.9 Å². The molecule has 1 aliphatic rings. The monoisotopic (exact) mass is 304 g/mol. The average Bonchev–Trinajstić information content (AvgIpc) is 2.53. The van der Waals surface area contributed by atoms with Crippen LogP contribution in [0.3, 0.4) is 0 Å². The number of benzene rings is 1. The van der Waals surface area contributed by atoms with Gasteiger partial charge in [-0.1, -0.05) is 24.8 Å². The first-order chi connectivity index (χ1) is 10.6. The van der Waals surface area contributed by atoms with Gasteiger partial charge in [-0.2, -0.15) is 0 Å². The lowest BCUT2D eigenvalue weighted by atomic mass is 10.0. The number of hydrogen-bond acceptors (Lipinski definition) is 4. The first-order valence-corrected chi connectivity index (χ1v) is 7.23. The van der Waals surface area contributed by atoms with Crippen LogP contribution in [0, 0.1) is 0 Å². The van der Waals surface area contributed by atoms with Gasteiger partial charge in [0, 0.05) is 19.1 Å². The molecule has 1 aromatic carbocycles. The fraction of sp³-hybridized carbons (Fsp3) is 0.375. The fourth-order valence-corrected chi connectivity index (χ4v) is 2.54. The summed E-state index contributed by atoms with van der Waals surface area (Å²) < 4.78 is 4.90. The summed E-state index contributed by atoms with van der Waals surface area (Å²) in [6.07, 6.45) is 2.57. The molecule has 0 unspecified atom stereocenters. The fourth-order valence-electron chi connectivity index (χ4n) is 2.54. The molecule has 1 saturated heterocycles. The number of aromatic carboxylic acids is 1. The number of carbonyl (C=O) groups is 2. The molecule has 6 nitrogen and oxygen atoms in total. The average molecular weight is 304 g/mol. The first kappa shape index (κ1) is 15.9. The molecule has 0 spiro atoms. The van der Waals surface area contributed by atoms with Crippen molar-refractivity contribution in [1.82, 2.24) is 5.32 Å². The molecule has 0 aromatic heterocycles. The molecule has 1 heterocycles. The first-order valence-electron chi connectivity index (χ1n) is 7.23. The van der Waals surface area contributed by atoms with Crippen molar-refractivity contribution in [3.63, 3.8) is 0 Å². The summed E-state index contributed by atoms with van der Waals surface area (Å²) in [4.78, 5) is 24.8. The second kappa shape index (κ2) is 7.49. The van der Waals surface area contributed by atoms with Gasteiger partial charge >= 0.3 is 12.1 Å². The number of nitrogens with zero attached hydrogens (tertiary/aromatic N) is 1. The van der Waals surface area contributed by atoms with E-state index in [4.69, 9.17) is 4.74 Å². The van der Waals surface area contributed by atoms with Gasteiger partial charge in [0.25, 0.3) is 0 Å². The van der Waals surface area contributed by atoms with Crippen molar-refractivity contribution >= 4 is 17.7 Å². The second-order valence-electron chi connectivity index (χ2n) is 5.12. The molecule has 6 heteroatoms. The highest BCUT2D eigenvalue weighted by Crippen LogP contribution is 2.24. The molecule has 118 valence electrons. The van der Waals surface area contributed by atoms with Crippen molar-refractivity contribution in [1.29, 1.82) is 0 Å². The minimum absolute atomic E-state index is 0.0468. The zero-order chi connectivity index (χ0) is 15.9. The van der Waals surface area contributed by atoms with Gasteiger partial charge in [-0.15, -0.1) is 0 Å². The quantitative estimate of drug-likeness (QED) is 0.816. The number of rotatable bonds is 5. The van der Waals surface area contributed by atoms with Crippen LogP contribution in [-0.2, 0) is 4.74 Å². The van der Waals surface area contributed by atoms with Gasteiger partial charge in [-0.3, -0.25) is 0 Å².